The third-order valence-corrected chi connectivity index (χ3v) is 6.08. The first-order chi connectivity index (χ1) is 13.3. The Hall–Kier alpha value is -2.73. The highest BCUT2D eigenvalue weighted by atomic mass is 16.5. The highest BCUT2D eigenvalue weighted by molar-refractivity contribution is 6.06. The molecule has 0 radical (unpaired) electrons. The lowest BCUT2D eigenvalue weighted by Crippen LogP contribution is -2.33. The van der Waals surface area contributed by atoms with Gasteiger partial charge in [0.15, 0.2) is 0 Å². The number of nitrogens with one attached hydrogen (secondary N) is 1. The van der Waals surface area contributed by atoms with Crippen LogP contribution in [-0.2, 0) is 16.2 Å². The van der Waals surface area contributed by atoms with Crippen molar-refractivity contribution in [1.29, 1.82) is 0 Å². The first-order valence-corrected chi connectivity index (χ1v) is 9.89. The topological polar surface area (TPSA) is 99.8 Å². The molecule has 1 saturated carbocycles. The van der Waals surface area contributed by atoms with E-state index in [1.807, 2.05) is 51.1 Å². The average Bonchev–Trinajstić information content (AvgIpc) is 3.47. The molecule has 2 aliphatic rings. The number of hydrogen-bond donors (Lipinski definition) is 1. The summed E-state index contributed by atoms with van der Waals surface area (Å²) in [5.74, 6) is 1.04. The second-order valence-corrected chi connectivity index (χ2v) is 8.37. The van der Waals surface area contributed by atoms with E-state index in [9.17, 15) is 9.59 Å². The molecule has 2 atom stereocenters. The number of ether oxygens (including phenoxy) is 1. The maximum Gasteiger partial charge on any atom is 0.233 e. The van der Waals surface area contributed by atoms with Gasteiger partial charge in [-0.25, -0.2) is 0 Å². The molecule has 1 unspecified atom stereocenters. The van der Waals surface area contributed by atoms with Gasteiger partial charge in [0.1, 0.15) is 12.4 Å². The molecule has 0 spiro atoms. The van der Waals surface area contributed by atoms with Crippen LogP contribution in [0, 0.1) is 12.3 Å². The third-order valence-electron chi connectivity index (χ3n) is 6.08. The zero-order valence-corrected chi connectivity index (χ0v) is 17.1. The monoisotopic (exact) mass is 396 g/mol. The Kier molecular flexibility index (Phi) is 5.75. The number of pyridine rings is 1. The van der Waals surface area contributed by atoms with Crippen molar-refractivity contribution in [3.8, 4) is 5.75 Å². The summed E-state index contributed by atoms with van der Waals surface area (Å²) in [6.07, 6.45) is 2.68. The highest BCUT2D eigenvalue weighted by Crippen LogP contribution is 2.42. The molecule has 2 amide bonds. The van der Waals surface area contributed by atoms with E-state index in [-0.39, 0.29) is 29.6 Å². The number of nitrogens with zero attached hydrogens (tertiary/aromatic N) is 1. The van der Waals surface area contributed by atoms with Crippen LogP contribution in [0.2, 0.25) is 0 Å². The summed E-state index contributed by atoms with van der Waals surface area (Å²) in [6, 6.07) is 12.1. The van der Waals surface area contributed by atoms with Crippen LogP contribution in [0.5, 0.6) is 5.75 Å². The molecule has 6 heteroatoms. The van der Waals surface area contributed by atoms with Gasteiger partial charge in [0.05, 0.1) is 5.41 Å². The number of carbonyl (C=O) groups is 2. The summed E-state index contributed by atoms with van der Waals surface area (Å²) in [7, 11) is 0. The van der Waals surface area contributed by atoms with E-state index in [1.165, 1.54) is 12.8 Å². The van der Waals surface area contributed by atoms with Crippen molar-refractivity contribution in [2.75, 3.05) is 0 Å². The standard InChI is InChI=1S/C23H26N2O3.H2O/c1-14-10-19(11-20(24-14)18-8-9-18)28-13-16-4-6-17(7-5-16)15(2)23(3)12-21(26)25-22(23)27;/h4-7,10-11,15,18H,8-9,12-13H2,1-3H3,(H,25,26,27);1H2/t15?,23-;/m0./s1. The van der Waals surface area contributed by atoms with E-state index in [0.29, 0.717) is 12.5 Å². The number of aryl methyl sites for hydroxylation is 1. The predicted octanol–water partition coefficient (Wildman–Crippen LogP) is 3.18. The summed E-state index contributed by atoms with van der Waals surface area (Å²) in [5, 5.41) is 2.43. The minimum absolute atomic E-state index is 0. The molecule has 29 heavy (non-hydrogen) atoms. The second kappa shape index (κ2) is 7.95. The largest absolute Gasteiger partial charge is 0.489 e. The minimum Gasteiger partial charge on any atom is -0.489 e. The van der Waals surface area contributed by atoms with Gasteiger partial charge in [-0.15, -0.1) is 0 Å². The van der Waals surface area contributed by atoms with Crippen molar-refractivity contribution in [3.05, 3.63) is 58.9 Å². The molecule has 4 rings (SSSR count). The van der Waals surface area contributed by atoms with Crippen molar-refractivity contribution in [1.82, 2.24) is 10.3 Å². The Morgan fingerprint density at radius 1 is 1.21 bits per heavy atom. The van der Waals surface area contributed by atoms with Crippen LogP contribution in [0.4, 0.5) is 0 Å². The van der Waals surface area contributed by atoms with Gasteiger partial charge < -0.3 is 10.2 Å². The Balaban J connectivity index is 0.00000240. The van der Waals surface area contributed by atoms with Gasteiger partial charge in [0.2, 0.25) is 11.8 Å². The Morgan fingerprint density at radius 3 is 2.48 bits per heavy atom. The number of benzene rings is 1. The molecule has 3 N–H and O–H groups in total. The predicted molar refractivity (Wildman–Crippen MR) is 110 cm³/mol. The quantitative estimate of drug-likeness (QED) is 0.758. The van der Waals surface area contributed by atoms with Gasteiger partial charge in [0.25, 0.3) is 0 Å². The average molecular weight is 396 g/mol. The summed E-state index contributed by atoms with van der Waals surface area (Å²) >= 11 is 0. The number of aromatic nitrogens is 1. The van der Waals surface area contributed by atoms with Crippen molar-refractivity contribution < 1.29 is 19.8 Å². The molecule has 0 bridgehead atoms. The van der Waals surface area contributed by atoms with Crippen LogP contribution in [0.1, 0.15) is 67.5 Å². The van der Waals surface area contributed by atoms with Gasteiger partial charge in [-0.2, -0.15) is 0 Å². The van der Waals surface area contributed by atoms with Crippen molar-refractivity contribution >= 4 is 11.8 Å². The molecule has 1 aliphatic heterocycles. The van der Waals surface area contributed by atoms with E-state index < -0.39 is 5.41 Å². The van der Waals surface area contributed by atoms with E-state index in [1.54, 1.807) is 0 Å². The highest BCUT2D eigenvalue weighted by Gasteiger charge is 2.46. The van der Waals surface area contributed by atoms with Gasteiger partial charge in [-0.3, -0.25) is 19.9 Å². The molecular formula is C23H28N2O4. The van der Waals surface area contributed by atoms with E-state index >= 15 is 0 Å². The van der Waals surface area contributed by atoms with Crippen LogP contribution in [-0.4, -0.2) is 22.3 Å². The molecule has 2 aromatic rings. The SMILES string of the molecule is Cc1cc(OCc2ccc(C(C)[C@]3(C)CC(=O)NC3=O)cc2)cc(C2CC2)n1.O. The Morgan fingerprint density at radius 2 is 1.90 bits per heavy atom. The van der Waals surface area contributed by atoms with E-state index in [2.05, 4.69) is 16.4 Å². The molecular weight excluding hydrogens is 368 g/mol. The number of amides is 2. The van der Waals surface area contributed by atoms with Crippen molar-refractivity contribution in [2.24, 2.45) is 5.41 Å². The van der Waals surface area contributed by atoms with Gasteiger partial charge >= 0.3 is 0 Å². The molecule has 1 aromatic carbocycles. The first kappa shape index (κ1) is 21.0. The summed E-state index contributed by atoms with van der Waals surface area (Å²) < 4.78 is 5.99. The molecule has 2 fully saturated rings. The van der Waals surface area contributed by atoms with E-state index in [0.717, 1.165) is 28.3 Å². The fraction of sp³-hybridized carbons (Fsp3) is 0.435. The Bertz CT molecular complexity index is 921. The van der Waals surface area contributed by atoms with Crippen LogP contribution in [0.3, 0.4) is 0 Å². The normalized spacial score (nSPS) is 22.0. The fourth-order valence-electron chi connectivity index (χ4n) is 3.85. The van der Waals surface area contributed by atoms with Crippen LogP contribution in [0.15, 0.2) is 36.4 Å². The molecule has 6 nitrogen and oxygen atoms in total. The van der Waals surface area contributed by atoms with Gasteiger partial charge in [-0.1, -0.05) is 31.2 Å². The number of rotatable bonds is 6. The van der Waals surface area contributed by atoms with Crippen LogP contribution >= 0.6 is 0 Å². The molecule has 2 heterocycles. The second-order valence-electron chi connectivity index (χ2n) is 8.37. The number of imide groups is 1. The van der Waals surface area contributed by atoms with Gasteiger partial charge in [0, 0.05) is 35.9 Å². The van der Waals surface area contributed by atoms with Crippen LogP contribution < -0.4 is 10.1 Å². The van der Waals surface area contributed by atoms with Gasteiger partial charge in [-0.05, 0) is 43.7 Å². The maximum absolute atomic E-state index is 12.2. The zero-order valence-electron chi connectivity index (χ0n) is 17.1. The molecule has 1 aromatic heterocycles. The lowest BCUT2D eigenvalue weighted by atomic mass is 9.73. The summed E-state index contributed by atoms with van der Waals surface area (Å²) in [5.41, 5.74) is 3.54. The van der Waals surface area contributed by atoms with Crippen molar-refractivity contribution in [3.63, 3.8) is 0 Å². The summed E-state index contributed by atoms with van der Waals surface area (Å²) in [6.45, 7) is 6.35. The maximum atomic E-state index is 12.2. The number of carbonyl (C=O) groups excluding carboxylic acids is 2. The third kappa shape index (κ3) is 4.32. The Labute approximate surface area is 171 Å². The first-order valence-electron chi connectivity index (χ1n) is 9.89. The minimum atomic E-state index is -0.692. The van der Waals surface area contributed by atoms with E-state index in [4.69, 9.17) is 4.74 Å². The zero-order chi connectivity index (χ0) is 19.9. The molecule has 154 valence electrons. The lowest BCUT2D eigenvalue weighted by Gasteiger charge is -2.28. The smallest absolute Gasteiger partial charge is 0.233 e. The van der Waals surface area contributed by atoms with Crippen LogP contribution in [0.25, 0.3) is 0 Å². The molecule has 1 aliphatic carbocycles. The summed E-state index contributed by atoms with van der Waals surface area (Å²) in [4.78, 5) is 28.4. The van der Waals surface area contributed by atoms with Crippen molar-refractivity contribution in [2.45, 2.75) is 58.5 Å². The molecule has 1 saturated heterocycles. The number of hydrogen-bond acceptors (Lipinski definition) is 4. The fourth-order valence-corrected chi connectivity index (χ4v) is 3.85. The lowest BCUT2D eigenvalue weighted by molar-refractivity contribution is -0.128.